The first-order valence-electron chi connectivity index (χ1n) is 6.10. The second kappa shape index (κ2) is 6.19. The minimum absolute atomic E-state index is 0.224. The number of benzene rings is 1. The van der Waals surface area contributed by atoms with E-state index >= 15 is 0 Å². The van der Waals surface area contributed by atoms with Crippen molar-refractivity contribution in [2.24, 2.45) is 0 Å². The molecule has 2 rings (SSSR count). The van der Waals surface area contributed by atoms with Crippen molar-refractivity contribution in [1.82, 2.24) is 0 Å². The Hall–Kier alpha value is -1.84. The minimum Gasteiger partial charge on any atom is -0.497 e. The quantitative estimate of drug-likeness (QED) is 0.871. The van der Waals surface area contributed by atoms with Crippen LogP contribution in [-0.4, -0.2) is 26.9 Å². The van der Waals surface area contributed by atoms with Gasteiger partial charge in [-0.25, -0.2) is 0 Å². The van der Waals surface area contributed by atoms with Crippen molar-refractivity contribution in [2.45, 2.75) is 18.9 Å². The highest BCUT2D eigenvalue weighted by atomic mass is 16.5. The zero-order chi connectivity index (χ0) is 12.8. The van der Waals surface area contributed by atoms with Gasteiger partial charge in [-0.2, -0.15) is 0 Å². The minimum atomic E-state index is 0.224. The number of anilines is 1. The molecule has 0 aromatic heterocycles. The smallest absolute Gasteiger partial charge is 0.145 e. The van der Waals surface area contributed by atoms with Gasteiger partial charge in [-0.05, 0) is 31.1 Å². The van der Waals surface area contributed by atoms with Crippen molar-refractivity contribution in [3.8, 4) is 11.5 Å². The molecule has 0 bridgehead atoms. The van der Waals surface area contributed by atoms with Gasteiger partial charge in [0.15, 0.2) is 0 Å². The molecule has 4 heteroatoms. The molecule has 1 aliphatic rings. The third kappa shape index (κ3) is 3.09. The van der Waals surface area contributed by atoms with E-state index in [0.717, 1.165) is 36.6 Å². The van der Waals surface area contributed by atoms with Gasteiger partial charge < -0.3 is 19.5 Å². The number of allylic oxidation sites excluding steroid dienone is 1. The summed E-state index contributed by atoms with van der Waals surface area (Å²) in [5.41, 5.74) is 0.955. The van der Waals surface area contributed by atoms with E-state index < -0.39 is 0 Å². The zero-order valence-corrected chi connectivity index (χ0v) is 10.8. The fourth-order valence-electron chi connectivity index (χ4n) is 1.90. The van der Waals surface area contributed by atoms with E-state index in [1.165, 1.54) is 0 Å². The van der Waals surface area contributed by atoms with Crippen molar-refractivity contribution >= 4 is 5.69 Å². The molecule has 0 saturated carbocycles. The molecule has 1 aromatic rings. The van der Waals surface area contributed by atoms with E-state index in [1.54, 1.807) is 20.5 Å². The summed E-state index contributed by atoms with van der Waals surface area (Å²) < 4.78 is 16.0. The summed E-state index contributed by atoms with van der Waals surface area (Å²) in [6.07, 6.45) is 6.17. The van der Waals surface area contributed by atoms with Crippen LogP contribution in [0.2, 0.25) is 0 Å². The molecule has 0 amide bonds. The van der Waals surface area contributed by atoms with Crippen LogP contribution in [0.5, 0.6) is 11.5 Å². The lowest BCUT2D eigenvalue weighted by atomic mass is 10.1. The summed E-state index contributed by atoms with van der Waals surface area (Å²) in [6.45, 7) is 0.771. The van der Waals surface area contributed by atoms with E-state index in [0.29, 0.717) is 0 Å². The molecule has 1 heterocycles. The van der Waals surface area contributed by atoms with E-state index in [9.17, 15) is 0 Å². The highest BCUT2D eigenvalue weighted by Crippen LogP contribution is 2.29. The molecule has 0 spiro atoms. The maximum Gasteiger partial charge on any atom is 0.145 e. The van der Waals surface area contributed by atoms with Crippen molar-refractivity contribution in [3.63, 3.8) is 0 Å². The Labute approximate surface area is 108 Å². The van der Waals surface area contributed by atoms with Crippen LogP contribution in [-0.2, 0) is 4.74 Å². The lowest BCUT2D eigenvalue weighted by molar-refractivity contribution is 0.135. The molecule has 18 heavy (non-hydrogen) atoms. The van der Waals surface area contributed by atoms with Gasteiger partial charge in [0, 0.05) is 6.07 Å². The Bertz CT molecular complexity index is 418. The maximum absolute atomic E-state index is 5.51. The molecule has 1 aliphatic heterocycles. The van der Waals surface area contributed by atoms with Gasteiger partial charge in [0.05, 0.1) is 32.7 Å². The van der Waals surface area contributed by atoms with E-state index in [4.69, 9.17) is 14.2 Å². The summed E-state index contributed by atoms with van der Waals surface area (Å²) in [7, 11) is 3.30. The van der Waals surface area contributed by atoms with Crippen LogP contribution in [0.25, 0.3) is 0 Å². The first kappa shape index (κ1) is 12.6. The van der Waals surface area contributed by atoms with Crippen molar-refractivity contribution in [2.75, 3.05) is 26.1 Å². The molecule has 0 saturated heterocycles. The molecule has 0 aliphatic carbocycles. The lowest BCUT2D eigenvalue weighted by Gasteiger charge is -2.21. The molecule has 1 aromatic carbocycles. The van der Waals surface area contributed by atoms with Gasteiger partial charge in [-0.1, -0.05) is 0 Å². The SMILES string of the molecule is COc1ccc(NCC2CCC=CO2)c(OC)c1. The molecule has 1 atom stereocenters. The Morgan fingerprint density at radius 2 is 2.22 bits per heavy atom. The average Bonchev–Trinajstić information content (AvgIpc) is 2.46. The number of methoxy groups -OCH3 is 2. The molecule has 1 N–H and O–H groups in total. The molecule has 0 fully saturated rings. The molecule has 4 nitrogen and oxygen atoms in total. The number of ether oxygens (including phenoxy) is 3. The maximum atomic E-state index is 5.51. The van der Waals surface area contributed by atoms with E-state index in [2.05, 4.69) is 5.32 Å². The van der Waals surface area contributed by atoms with Crippen LogP contribution < -0.4 is 14.8 Å². The summed E-state index contributed by atoms with van der Waals surface area (Å²) >= 11 is 0. The Balaban J connectivity index is 1.97. The Kier molecular flexibility index (Phi) is 4.34. The standard InChI is InChI=1S/C14H19NO3/c1-16-11-6-7-13(14(9-11)17-2)15-10-12-5-3-4-8-18-12/h4,6-9,12,15H,3,5,10H2,1-2H3. The lowest BCUT2D eigenvalue weighted by Crippen LogP contribution is -2.23. The van der Waals surface area contributed by atoms with Crippen LogP contribution in [0, 0.1) is 0 Å². The number of hydrogen-bond donors (Lipinski definition) is 1. The van der Waals surface area contributed by atoms with Gasteiger partial charge in [0.2, 0.25) is 0 Å². The predicted octanol–water partition coefficient (Wildman–Crippen LogP) is 2.81. The summed E-state index contributed by atoms with van der Waals surface area (Å²) in [4.78, 5) is 0. The van der Waals surface area contributed by atoms with Gasteiger partial charge in [0.1, 0.15) is 17.6 Å². The van der Waals surface area contributed by atoms with Gasteiger partial charge in [-0.3, -0.25) is 0 Å². The topological polar surface area (TPSA) is 39.7 Å². The highest BCUT2D eigenvalue weighted by molar-refractivity contribution is 5.59. The number of nitrogens with one attached hydrogen (secondary N) is 1. The number of hydrogen-bond acceptors (Lipinski definition) is 4. The first-order chi connectivity index (χ1) is 8.83. The van der Waals surface area contributed by atoms with Crippen molar-refractivity contribution in [1.29, 1.82) is 0 Å². The van der Waals surface area contributed by atoms with E-state index in [-0.39, 0.29) is 6.10 Å². The predicted molar refractivity (Wildman–Crippen MR) is 71.3 cm³/mol. The third-order valence-corrected chi connectivity index (χ3v) is 2.95. The van der Waals surface area contributed by atoms with Gasteiger partial charge in [-0.15, -0.1) is 0 Å². The largest absolute Gasteiger partial charge is 0.497 e. The van der Waals surface area contributed by atoms with Crippen LogP contribution >= 0.6 is 0 Å². The molecular weight excluding hydrogens is 230 g/mol. The van der Waals surface area contributed by atoms with Crippen LogP contribution in [0.15, 0.2) is 30.5 Å². The molecule has 1 unspecified atom stereocenters. The zero-order valence-electron chi connectivity index (χ0n) is 10.8. The van der Waals surface area contributed by atoms with Gasteiger partial charge in [0.25, 0.3) is 0 Å². The second-order valence-electron chi connectivity index (χ2n) is 4.15. The van der Waals surface area contributed by atoms with Crippen LogP contribution in [0.4, 0.5) is 5.69 Å². The molecular formula is C14H19NO3. The van der Waals surface area contributed by atoms with Crippen molar-refractivity contribution in [3.05, 3.63) is 30.5 Å². The van der Waals surface area contributed by atoms with Gasteiger partial charge >= 0.3 is 0 Å². The first-order valence-corrected chi connectivity index (χ1v) is 6.10. The monoisotopic (exact) mass is 249 g/mol. The van der Waals surface area contributed by atoms with Crippen LogP contribution in [0.3, 0.4) is 0 Å². The molecule has 98 valence electrons. The second-order valence-corrected chi connectivity index (χ2v) is 4.15. The molecule has 0 radical (unpaired) electrons. The fraction of sp³-hybridized carbons (Fsp3) is 0.429. The Morgan fingerprint density at radius 3 is 2.89 bits per heavy atom. The Morgan fingerprint density at radius 1 is 1.33 bits per heavy atom. The highest BCUT2D eigenvalue weighted by Gasteiger charge is 2.12. The average molecular weight is 249 g/mol. The summed E-state index contributed by atoms with van der Waals surface area (Å²) in [5.74, 6) is 1.56. The number of rotatable bonds is 5. The summed E-state index contributed by atoms with van der Waals surface area (Å²) in [5, 5.41) is 3.35. The fourth-order valence-corrected chi connectivity index (χ4v) is 1.90. The van der Waals surface area contributed by atoms with Crippen LogP contribution in [0.1, 0.15) is 12.8 Å². The third-order valence-electron chi connectivity index (χ3n) is 2.95. The summed E-state index contributed by atoms with van der Waals surface area (Å²) in [6, 6.07) is 5.73. The normalized spacial score (nSPS) is 18.0. The van der Waals surface area contributed by atoms with Crippen molar-refractivity contribution < 1.29 is 14.2 Å². The van der Waals surface area contributed by atoms with E-state index in [1.807, 2.05) is 24.3 Å².